The van der Waals surface area contributed by atoms with Crippen molar-refractivity contribution in [3.63, 3.8) is 0 Å². The van der Waals surface area contributed by atoms with E-state index in [1.54, 1.807) is 25.1 Å². The monoisotopic (exact) mass is 535 g/mol. The molecule has 1 aliphatic heterocycles. The van der Waals surface area contributed by atoms with E-state index in [0.29, 0.717) is 4.31 Å². The second kappa shape index (κ2) is 9.26. The Morgan fingerprint density at radius 2 is 1.79 bits per heavy atom. The molecule has 0 unspecified atom stereocenters. The molecule has 0 saturated heterocycles. The fourth-order valence-corrected chi connectivity index (χ4v) is 5.45. The molecule has 1 atom stereocenters. The quantitative estimate of drug-likeness (QED) is 0.612. The molecule has 2 aromatic rings. The summed E-state index contributed by atoms with van der Waals surface area (Å²) in [4.78, 5) is 40.1. The van der Waals surface area contributed by atoms with Crippen LogP contribution in [0.1, 0.15) is 43.6 Å². The van der Waals surface area contributed by atoms with Crippen LogP contribution in [-0.2, 0) is 26.2 Å². The van der Waals surface area contributed by atoms with Gasteiger partial charge in [0, 0.05) is 16.6 Å². The highest BCUT2D eigenvalue weighted by molar-refractivity contribution is 9.10. The normalized spacial score (nSPS) is 15.7. The van der Waals surface area contributed by atoms with Gasteiger partial charge in [0.25, 0.3) is 15.9 Å². The summed E-state index contributed by atoms with van der Waals surface area (Å²) in [6.07, 6.45) is 0. The molecular weight excluding hydrogens is 510 g/mol. The Bertz CT molecular complexity index is 1210. The van der Waals surface area contributed by atoms with Crippen LogP contribution in [0.25, 0.3) is 0 Å². The first-order chi connectivity index (χ1) is 15.3. The Hall–Kier alpha value is -2.72. The second-order valence-electron chi connectivity index (χ2n) is 8.88. The summed E-state index contributed by atoms with van der Waals surface area (Å²) in [5.41, 5.74) is 0.250. The number of halogens is 1. The van der Waals surface area contributed by atoms with E-state index in [-0.39, 0.29) is 22.9 Å². The average Bonchev–Trinajstić information content (AvgIpc) is 2.91. The Morgan fingerprint density at radius 1 is 1.12 bits per heavy atom. The average molecular weight is 536 g/mol. The van der Waals surface area contributed by atoms with E-state index in [9.17, 15) is 22.8 Å². The van der Waals surface area contributed by atoms with Gasteiger partial charge in [0.05, 0.1) is 5.56 Å². The summed E-state index contributed by atoms with van der Waals surface area (Å²) in [5.74, 6) is -1.80. The standard InChI is InChI=1S/C23H26BrN3O5S/c1-15(21(29)25-23(2,3)4)26(13-16-8-7-9-17(24)12-16)20(28)14-27-22(30)18-10-5-6-11-19(18)33(27,31)32/h5-12,15H,13-14H2,1-4H3,(H,25,29)/t15-/m0/s1. The lowest BCUT2D eigenvalue weighted by Gasteiger charge is -2.32. The molecule has 0 bridgehead atoms. The van der Waals surface area contributed by atoms with Gasteiger partial charge in [0.15, 0.2) is 0 Å². The van der Waals surface area contributed by atoms with Crippen molar-refractivity contribution in [2.75, 3.05) is 6.54 Å². The maximum absolute atomic E-state index is 13.4. The first kappa shape index (κ1) is 24.9. The Kier molecular flexibility index (Phi) is 6.99. The minimum absolute atomic E-state index is 0.0300. The third-order valence-electron chi connectivity index (χ3n) is 5.10. The summed E-state index contributed by atoms with van der Waals surface area (Å²) >= 11 is 3.39. The number of nitrogens with zero attached hydrogens (tertiary/aromatic N) is 2. The summed E-state index contributed by atoms with van der Waals surface area (Å²) in [7, 11) is -4.15. The third-order valence-corrected chi connectivity index (χ3v) is 7.38. The molecule has 10 heteroatoms. The van der Waals surface area contributed by atoms with Crippen LogP contribution in [0.2, 0.25) is 0 Å². The number of carbonyl (C=O) groups is 3. The highest BCUT2D eigenvalue weighted by Gasteiger charge is 2.43. The molecule has 1 aliphatic rings. The molecule has 0 aliphatic carbocycles. The minimum atomic E-state index is -4.15. The van der Waals surface area contributed by atoms with E-state index >= 15 is 0 Å². The van der Waals surface area contributed by atoms with Crippen molar-refractivity contribution < 1.29 is 22.8 Å². The van der Waals surface area contributed by atoms with Crippen LogP contribution >= 0.6 is 15.9 Å². The first-order valence-corrected chi connectivity index (χ1v) is 12.6. The fraction of sp³-hybridized carbons (Fsp3) is 0.348. The van der Waals surface area contributed by atoms with Crippen LogP contribution < -0.4 is 5.32 Å². The predicted octanol–water partition coefficient (Wildman–Crippen LogP) is 2.93. The van der Waals surface area contributed by atoms with Crippen molar-refractivity contribution in [3.8, 4) is 0 Å². The van der Waals surface area contributed by atoms with Crippen molar-refractivity contribution in [1.29, 1.82) is 0 Å². The van der Waals surface area contributed by atoms with Crippen molar-refractivity contribution in [1.82, 2.24) is 14.5 Å². The van der Waals surface area contributed by atoms with Gasteiger partial charge in [0.2, 0.25) is 11.8 Å². The smallest absolute Gasteiger partial charge is 0.269 e. The van der Waals surface area contributed by atoms with Gasteiger partial charge in [-0.25, -0.2) is 12.7 Å². The van der Waals surface area contributed by atoms with Gasteiger partial charge in [-0.05, 0) is 57.5 Å². The highest BCUT2D eigenvalue weighted by atomic mass is 79.9. The van der Waals surface area contributed by atoms with E-state index in [0.717, 1.165) is 10.0 Å². The number of nitrogens with one attached hydrogen (secondary N) is 1. The number of benzene rings is 2. The molecular formula is C23H26BrN3O5S. The van der Waals surface area contributed by atoms with Crippen molar-refractivity contribution in [3.05, 3.63) is 64.1 Å². The van der Waals surface area contributed by atoms with Gasteiger partial charge in [-0.15, -0.1) is 0 Å². The predicted molar refractivity (Wildman–Crippen MR) is 127 cm³/mol. The summed E-state index contributed by atoms with van der Waals surface area (Å²) in [6, 6.07) is 12.2. The van der Waals surface area contributed by atoms with Crippen LogP contribution in [0.4, 0.5) is 0 Å². The van der Waals surface area contributed by atoms with Gasteiger partial charge in [-0.3, -0.25) is 14.4 Å². The first-order valence-electron chi connectivity index (χ1n) is 10.3. The molecule has 33 heavy (non-hydrogen) atoms. The van der Waals surface area contributed by atoms with Crippen LogP contribution in [-0.4, -0.2) is 53.5 Å². The molecule has 176 valence electrons. The van der Waals surface area contributed by atoms with Crippen LogP contribution in [0.5, 0.6) is 0 Å². The number of hydrogen-bond donors (Lipinski definition) is 1. The molecule has 0 saturated carbocycles. The number of amides is 3. The van der Waals surface area contributed by atoms with Crippen molar-refractivity contribution in [2.24, 2.45) is 0 Å². The summed E-state index contributed by atoms with van der Waals surface area (Å²) in [6.45, 7) is 6.41. The van der Waals surface area contributed by atoms with Gasteiger partial charge in [-0.1, -0.05) is 40.2 Å². The van der Waals surface area contributed by atoms with Gasteiger partial charge in [0.1, 0.15) is 17.5 Å². The third kappa shape index (κ3) is 5.44. The van der Waals surface area contributed by atoms with Crippen LogP contribution in [0.3, 0.4) is 0 Å². The molecule has 0 radical (unpaired) electrons. The Labute approximate surface area is 202 Å². The lowest BCUT2D eigenvalue weighted by Crippen LogP contribution is -2.54. The fourth-order valence-electron chi connectivity index (χ4n) is 3.49. The maximum Gasteiger partial charge on any atom is 0.269 e. The number of sulfonamides is 1. The zero-order valence-corrected chi connectivity index (χ0v) is 21.2. The number of fused-ring (bicyclic) bond motifs is 1. The van der Waals surface area contributed by atoms with Crippen molar-refractivity contribution >= 4 is 43.7 Å². The van der Waals surface area contributed by atoms with Crippen molar-refractivity contribution in [2.45, 2.75) is 50.7 Å². The summed E-state index contributed by atoms with van der Waals surface area (Å²) in [5, 5.41) is 2.84. The van der Waals surface area contributed by atoms with E-state index in [4.69, 9.17) is 0 Å². The van der Waals surface area contributed by atoms with Gasteiger partial charge >= 0.3 is 0 Å². The Balaban J connectivity index is 1.91. The maximum atomic E-state index is 13.4. The summed E-state index contributed by atoms with van der Waals surface area (Å²) < 4.78 is 27.2. The Morgan fingerprint density at radius 3 is 2.39 bits per heavy atom. The number of hydrogen-bond acceptors (Lipinski definition) is 5. The molecule has 0 fully saturated rings. The topological polar surface area (TPSA) is 104 Å². The van der Waals surface area contributed by atoms with E-state index in [1.807, 2.05) is 32.9 Å². The van der Waals surface area contributed by atoms with Gasteiger partial charge < -0.3 is 10.2 Å². The van der Waals surface area contributed by atoms with Crippen LogP contribution in [0.15, 0.2) is 57.9 Å². The number of carbonyl (C=O) groups excluding carboxylic acids is 3. The van der Waals surface area contributed by atoms with E-state index in [1.165, 1.54) is 23.1 Å². The lowest BCUT2D eigenvalue weighted by atomic mass is 10.1. The zero-order valence-electron chi connectivity index (χ0n) is 18.8. The number of rotatable bonds is 6. The van der Waals surface area contributed by atoms with E-state index in [2.05, 4.69) is 21.2 Å². The second-order valence-corrected chi connectivity index (χ2v) is 11.6. The zero-order chi connectivity index (χ0) is 24.6. The highest BCUT2D eigenvalue weighted by Crippen LogP contribution is 2.30. The molecule has 1 heterocycles. The lowest BCUT2D eigenvalue weighted by molar-refractivity contribution is -0.141. The van der Waals surface area contributed by atoms with Gasteiger partial charge in [-0.2, -0.15) is 0 Å². The molecule has 3 rings (SSSR count). The molecule has 3 amide bonds. The molecule has 0 aromatic heterocycles. The SMILES string of the molecule is C[C@@H](C(=O)NC(C)(C)C)N(Cc1cccc(Br)c1)C(=O)CN1C(=O)c2ccccc2S1(=O)=O. The largest absolute Gasteiger partial charge is 0.350 e. The minimum Gasteiger partial charge on any atom is -0.350 e. The molecule has 2 aromatic carbocycles. The van der Waals surface area contributed by atoms with Crippen LogP contribution in [0, 0.1) is 0 Å². The van der Waals surface area contributed by atoms with E-state index < -0.39 is 40.0 Å². The molecule has 8 nitrogen and oxygen atoms in total. The molecule has 0 spiro atoms. The molecule has 1 N–H and O–H groups in total.